The van der Waals surface area contributed by atoms with Crippen molar-refractivity contribution in [2.24, 2.45) is 0 Å². The molecule has 2 aromatic carbocycles. The SMILES string of the molecule is O=C(O)c1ccc2c(C3CCCCC3)c(-c3ccc4[nH]ccc4c3)n(CC(=O)N3CCOCC3)c2c1. The zero-order valence-electron chi connectivity index (χ0n) is 20.3. The van der Waals surface area contributed by atoms with Gasteiger partial charge in [0.25, 0.3) is 0 Å². The molecule has 0 atom stereocenters. The molecular formula is C29H31N3O4. The van der Waals surface area contributed by atoms with Gasteiger partial charge in [-0.1, -0.05) is 31.4 Å². The molecular weight excluding hydrogens is 454 g/mol. The van der Waals surface area contributed by atoms with Gasteiger partial charge in [-0.25, -0.2) is 4.79 Å². The van der Waals surface area contributed by atoms with E-state index < -0.39 is 5.97 Å². The van der Waals surface area contributed by atoms with Crippen molar-refractivity contribution in [2.45, 2.75) is 44.6 Å². The zero-order valence-corrected chi connectivity index (χ0v) is 20.3. The summed E-state index contributed by atoms with van der Waals surface area (Å²) in [6.07, 6.45) is 7.78. The number of ether oxygens (including phenoxy) is 1. The van der Waals surface area contributed by atoms with Crippen molar-refractivity contribution in [1.82, 2.24) is 14.5 Å². The van der Waals surface area contributed by atoms with Gasteiger partial charge in [-0.15, -0.1) is 0 Å². The molecule has 6 rings (SSSR count). The number of carbonyl (C=O) groups is 2. The van der Waals surface area contributed by atoms with Gasteiger partial charge in [0.15, 0.2) is 0 Å². The van der Waals surface area contributed by atoms with Crippen LogP contribution in [0.5, 0.6) is 0 Å². The summed E-state index contributed by atoms with van der Waals surface area (Å²) < 4.78 is 7.53. The Morgan fingerprint density at radius 1 is 1.00 bits per heavy atom. The molecule has 1 saturated carbocycles. The Morgan fingerprint density at radius 2 is 1.81 bits per heavy atom. The number of amides is 1. The van der Waals surface area contributed by atoms with Crippen molar-refractivity contribution in [2.75, 3.05) is 26.3 Å². The molecule has 7 heteroatoms. The monoisotopic (exact) mass is 485 g/mol. The number of fused-ring (bicyclic) bond motifs is 2. The van der Waals surface area contributed by atoms with Crippen molar-refractivity contribution in [3.8, 4) is 11.3 Å². The number of rotatable bonds is 5. The smallest absolute Gasteiger partial charge is 0.335 e. The second-order valence-corrected chi connectivity index (χ2v) is 9.99. The fraction of sp³-hybridized carbons (Fsp3) is 0.379. The van der Waals surface area contributed by atoms with Crippen LogP contribution in [0.4, 0.5) is 0 Å². The third kappa shape index (κ3) is 4.07. The van der Waals surface area contributed by atoms with Crippen LogP contribution in [-0.2, 0) is 16.1 Å². The molecule has 0 spiro atoms. The van der Waals surface area contributed by atoms with Gasteiger partial charge in [0.2, 0.25) is 5.91 Å². The number of carboxylic acids is 1. The number of hydrogen-bond acceptors (Lipinski definition) is 3. The first-order valence-electron chi connectivity index (χ1n) is 12.9. The van der Waals surface area contributed by atoms with E-state index in [0.717, 1.165) is 45.9 Å². The van der Waals surface area contributed by atoms with Crippen LogP contribution in [-0.4, -0.2) is 57.7 Å². The molecule has 2 aromatic heterocycles. The molecule has 1 aliphatic carbocycles. The Morgan fingerprint density at radius 3 is 2.58 bits per heavy atom. The summed E-state index contributed by atoms with van der Waals surface area (Å²) in [5, 5.41) is 11.9. The third-order valence-corrected chi connectivity index (χ3v) is 7.85. The van der Waals surface area contributed by atoms with E-state index in [-0.39, 0.29) is 18.0 Å². The van der Waals surface area contributed by atoms with Crippen molar-refractivity contribution < 1.29 is 19.4 Å². The zero-order chi connectivity index (χ0) is 24.6. The summed E-state index contributed by atoms with van der Waals surface area (Å²) in [6, 6.07) is 13.8. The maximum Gasteiger partial charge on any atom is 0.335 e. The topological polar surface area (TPSA) is 87.6 Å². The highest BCUT2D eigenvalue weighted by atomic mass is 16.5. The number of H-pyrrole nitrogens is 1. The van der Waals surface area contributed by atoms with Crippen LogP contribution in [0.25, 0.3) is 33.1 Å². The molecule has 0 bridgehead atoms. The summed E-state index contributed by atoms with van der Waals surface area (Å²) in [6.45, 7) is 2.43. The number of benzene rings is 2. The predicted octanol–water partition coefficient (Wildman–Crippen LogP) is 5.39. The molecule has 7 nitrogen and oxygen atoms in total. The Hall–Kier alpha value is -3.58. The van der Waals surface area contributed by atoms with Gasteiger partial charge < -0.3 is 24.3 Å². The molecule has 0 unspecified atom stereocenters. The minimum Gasteiger partial charge on any atom is -0.478 e. The number of aromatic carboxylic acids is 1. The largest absolute Gasteiger partial charge is 0.478 e. The van der Waals surface area contributed by atoms with E-state index in [1.54, 1.807) is 12.1 Å². The Labute approximate surface area is 209 Å². The molecule has 0 radical (unpaired) electrons. The van der Waals surface area contributed by atoms with E-state index in [1.807, 2.05) is 17.2 Å². The standard InChI is InChI=1S/C29H31N3O4/c33-26(31-12-14-36-15-13-31)18-32-25-17-22(29(34)35)6-8-23(25)27(19-4-2-1-3-5-19)28(32)21-7-9-24-20(16-21)10-11-30-24/h6-11,16-17,19,30H,1-5,12-15,18H2,(H,34,35). The Kier molecular flexibility index (Phi) is 6.01. The van der Waals surface area contributed by atoms with Gasteiger partial charge in [0, 0.05) is 35.6 Å². The van der Waals surface area contributed by atoms with E-state index in [1.165, 1.54) is 24.8 Å². The second-order valence-electron chi connectivity index (χ2n) is 9.99. The molecule has 4 aromatic rings. The predicted molar refractivity (Wildman–Crippen MR) is 139 cm³/mol. The number of hydrogen-bond donors (Lipinski definition) is 2. The number of carbonyl (C=O) groups excluding carboxylic acids is 1. The highest BCUT2D eigenvalue weighted by Gasteiger charge is 2.29. The lowest BCUT2D eigenvalue weighted by atomic mass is 9.81. The van der Waals surface area contributed by atoms with Crippen molar-refractivity contribution in [3.05, 3.63) is 59.8 Å². The lowest BCUT2D eigenvalue weighted by Gasteiger charge is -2.28. The van der Waals surface area contributed by atoms with E-state index in [9.17, 15) is 14.7 Å². The highest BCUT2D eigenvalue weighted by Crippen LogP contribution is 2.44. The van der Waals surface area contributed by atoms with Crippen molar-refractivity contribution in [1.29, 1.82) is 0 Å². The van der Waals surface area contributed by atoms with Gasteiger partial charge >= 0.3 is 5.97 Å². The maximum atomic E-state index is 13.5. The van der Waals surface area contributed by atoms with E-state index >= 15 is 0 Å². The quantitative estimate of drug-likeness (QED) is 0.397. The van der Waals surface area contributed by atoms with Crippen LogP contribution in [0.1, 0.15) is 53.9 Å². The molecule has 3 heterocycles. The van der Waals surface area contributed by atoms with E-state index in [0.29, 0.717) is 32.2 Å². The third-order valence-electron chi connectivity index (χ3n) is 7.85. The Balaban J connectivity index is 1.58. The number of nitrogens with one attached hydrogen (secondary N) is 1. The van der Waals surface area contributed by atoms with Crippen LogP contribution in [0.3, 0.4) is 0 Å². The summed E-state index contributed by atoms with van der Waals surface area (Å²) in [4.78, 5) is 30.5. The van der Waals surface area contributed by atoms with E-state index in [4.69, 9.17) is 4.74 Å². The summed E-state index contributed by atoms with van der Waals surface area (Å²) >= 11 is 0. The number of nitrogens with zero attached hydrogens (tertiary/aromatic N) is 2. The molecule has 2 aliphatic rings. The van der Waals surface area contributed by atoms with Gasteiger partial charge in [0.05, 0.1) is 30.0 Å². The minimum atomic E-state index is -0.960. The lowest BCUT2D eigenvalue weighted by molar-refractivity contribution is -0.135. The van der Waals surface area contributed by atoms with Gasteiger partial charge in [-0.2, -0.15) is 0 Å². The van der Waals surface area contributed by atoms with Crippen LogP contribution >= 0.6 is 0 Å². The summed E-state index contributed by atoms with van der Waals surface area (Å²) in [7, 11) is 0. The summed E-state index contributed by atoms with van der Waals surface area (Å²) in [5.74, 6) is -0.539. The number of morpholine rings is 1. The first-order valence-corrected chi connectivity index (χ1v) is 12.9. The maximum absolute atomic E-state index is 13.5. The first-order chi connectivity index (χ1) is 17.6. The number of carboxylic acid groups (broad SMARTS) is 1. The van der Waals surface area contributed by atoms with Gasteiger partial charge in [-0.3, -0.25) is 4.79 Å². The van der Waals surface area contributed by atoms with Crippen molar-refractivity contribution in [3.63, 3.8) is 0 Å². The molecule has 1 amide bonds. The van der Waals surface area contributed by atoms with Crippen LogP contribution in [0.2, 0.25) is 0 Å². The molecule has 1 saturated heterocycles. The summed E-state index contributed by atoms with van der Waals surface area (Å²) in [5.41, 5.74) is 5.49. The molecule has 36 heavy (non-hydrogen) atoms. The van der Waals surface area contributed by atoms with E-state index in [2.05, 4.69) is 33.8 Å². The Bertz CT molecular complexity index is 1440. The van der Waals surface area contributed by atoms with Crippen LogP contribution in [0, 0.1) is 0 Å². The molecule has 2 N–H and O–H groups in total. The number of aromatic nitrogens is 2. The minimum absolute atomic E-state index is 0.0371. The fourth-order valence-electron chi connectivity index (χ4n) is 6.04. The van der Waals surface area contributed by atoms with Crippen LogP contribution in [0.15, 0.2) is 48.7 Å². The average molecular weight is 486 g/mol. The van der Waals surface area contributed by atoms with Crippen molar-refractivity contribution >= 4 is 33.7 Å². The lowest BCUT2D eigenvalue weighted by Crippen LogP contribution is -2.42. The van der Waals surface area contributed by atoms with Crippen LogP contribution < -0.4 is 0 Å². The highest BCUT2D eigenvalue weighted by molar-refractivity contribution is 5.99. The second kappa shape index (κ2) is 9.47. The fourth-order valence-corrected chi connectivity index (χ4v) is 6.04. The first kappa shape index (κ1) is 22.9. The average Bonchev–Trinajstić information content (AvgIpc) is 3.51. The molecule has 2 fully saturated rings. The van der Waals surface area contributed by atoms with Gasteiger partial charge in [-0.05, 0) is 60.2 Å². The normalized spacial score (nSPS) is 17.2. The number of aromatic amines is 1. The van der Waals surface area contributed by atoms with Gasteiger partial charge in [0.1, 0.15) is 6.54 Å². The molecule has 1 aliphatic heterocycles. The molecule has 186 valence electrons.